The number of nitrogens with one attached hydrogen (secondary N) is 1. The van der Waals surface area contributed by atoms with Crippen LogP contribution in [0.2, 0.25) is 0 Å². The van der Waals surface area contributed by atoms with Gasteiger partial charge in [0.2, 0.25) is 0 Å². The zero-order valence-corrected chi connectivity index (χ0v) is 18.7. The minimum absolute atomic E-state index is 0.295. The van der Waals surface area contributed by atoms with E-state index in [1.807, 2.05) is 18.3 Å². The lowest BCUT2D eigenvalue weighted by Crippen LogP contribution is -2.33. The second-order valence-electron chi connectivity index (χ2n) is 8.93. The van der Waals surface area contributed by atoms with Crippen molar-refractivity contribution in [1.82, 2.24) is 20.2 Å². The lowest BCUT2D eigenvalue weighted by molar-refractivity contribution is 0.227. The maximum absolute atomic E-state index is 9.42. The molecule has 0 aliphatic carbocycles. The van der Waals surface area contributed by atoms with Crippen molar-refractivity contribution >= 4 is 5.82 Å². The van der Waals surface area contributed by atoms with Crippen molar-refractivity contribution in [3.8, 4) is 5.75 Å². The summed E-state index contributed by atoms with van der Waals surface area (Å²) in [5, 5.41) is 12.6. The smallest absolute Gasteiger partial charge is 0.135 e. The van der Waals surface area contributed by atoms with Gasteiger partial charge in [-0.15, -0.1) is 0 Å². The fourth-order valence-corrected chi connectivity index (χ4v) is 4.64. The van der Waals surface area contributed by atoms with Crippen LogP contribution in [-0.4, -0.2) is 65.8 Å². The van der Waals surface area contributed by atoms with Crippen LogP contribution in [0.15, 0.2) is 30.5 Å². The van der Waals surface area contributed by atoms with Crippen LogP contribution < -0.4 is 10.2 Å². The fraction of sp³-hybridized carbons (Fsp3) is 0.600. The molecule has 4 heterocycles. The number of aromatic hydroxyl groups is 1. The largest absolute Gasteiger partial charge is 0.508 e. The quantitative estimate of drug-likeness (QED) is 0.743. The van der Waals surface area contributed by atoms with Gasteiger partial charge in [-0.3, -0.25) is 0 Å². The first-order valence-electron chi connectivity index (χ1n) is 12.1. The number of nitrogens with zero attached hydrogens (tertiary/aromatic N) is 4. The summed E-state index contributed by atoms with van der Waals surface area (Å²) in [5.74, 6) is 2.29. The number of aromatic nitrogens is 2. The molecule has 2 fully saturated rings. The Balaban J connectivity index is 0.000000407. The Labute approximate surface area is 186 Å². The number of hydrogen-bond acceptors (Lipinski definition) is 6. The van der Waals surface area contributed by atoms with Crippen molar-refractivity contribution in [3.05, 3.63) is 47.4 Å². The molecule has 1 aromatic carbocycles. The highest BCUT2D eigenvalue weighted by Crippen LogP contribution is 2.26. The van der Waals surface area contributed by atoms with Gasteiger partial charge >= 0.3 is 0 Å². The van der Waals surface area contributed by atoms with Crippen LogP contribution in [0.3, 0.4) is 0 Å². The predicted molar refractivity (Wildman–Crippen MR) is 126 cm³/mol. The van der Waals surface area contributed by atoms with E-state index in [0.717, 1.165) is 36.7 Å². The number of rotatable bonds is 6. The number of hydrogen-bond donors (Lipinski definition) is 2. The molecule has 2 N–H and O–H groups in total. The summed E-state index contributed by atoms with van der Waals surface area (Å²) in [7, 11) is 0. The number of anilines is 1. The van der Waals surface area contributed by atoms with Crippen molar-refractivity contribution in [3.63, 3.8) is 0 Å². The van der Waals surface area contributed by atoms with Crippen molar-refractivity contribution < 1.29 is 5.11 Å². The Hall–Kier alpha value is -2.18. The zero-order chi connectivity index (χ0) is 21.3. The van der Waals surface area contributed by atoms with E-state index in [9.17, 15) is 5.11 Å². The van der Waals surface area contributed by atoms with Crippen LogP contribution in [0.5, 0.6) is 5.75 Å². The Morgan fingerprint density at radius 2 is 1.68 bits per heavy atom. The summed E-state index contributed by atoms with van der Waals surface area (Å²) in [6, 6.07) is 7.30. The van der Waals surface area contributed by atoms with E-state index >= 15 is 0 Å². The van der Waals surface area contributed by atoms with E-state index in [0.29, 0.717) is 12.2 Å². The molecule has 3 aliphatic heterocycles. The van der Waals surface area contributed by atoms with E-state index in [1.54, 1.807) is 12.1 Å². The fourth-order valence-electron chi connectivity index (χ4n) is 4.64. The summed E-state index contributed by atoms with van der Waals surface area (Å²) in [6.45, 7) is 8.40. The molecule has 3 aliphatic rings. The third-order valence-corrected chi connectivity index (χ3v) is 6.45. The summed E-state index contributed by atoms with van der Waals surface area (Å²) in [4.78, 5) is 14.4. The Kier molecular flexibility index (Phi) is 8.13. The molecule has 5 rings (SSSR count). The lowest BCUT2D eigenvalue weighted by atomic mass is 10.1. The molecule has 0 spiro atoms. The summed E-state index contributed by atoms with van der Waals surface area (Å²) < 4.78 is 0. The minimum atomic E-state index is 0.295. The topological polar surface area (TPSA) is 64.5 Å². The number of phenols is 1. The maximum atomic E-state index is 9.42. The van der Waals surface area contributed by atoms with Crippen LogP contribution >= 0.6 is 0 Å². The Bertz CT molecular complexity index is 792. The molecule has 0 amide bonds. The van der Waals surface area contributed by atoms with E-state index < -0.39 is 0 Å². The van der Waals surface area contributed by atoms with Crippen LogP contribution in [0.1, 0.15) is 55.5 Å². The van der Waals surface area contributed by atoms with E-state index in [2.05, 4.69) is 20.1 Å². The van der Waals surface area contributed by atoms with E-state index in [4.69, 9.17) is 4.98 Å². The van der Waals surface area contributed by atoms with Crippen molar-refractivity contribution in [2.75, 3.05) is 50.7 Å². The van der Waals surface area contributed by atoms with E-state index in [1.165, 1.54) is 76.8 Å². The molecule has 2 saturated heterocycles. The Morgan fingerprint density at radius 1 is 0.903 bits per heavy atom. The molecule has 1 aromatic heterocycles. The molecule has 6 heteroatoms. The van der Waals surface area contributed by atoms with Gasteiger partial charge in [-0.1, -0.05) is 18.6 Å². The number of fused-ring (bicyclic) bond motifs is 1. The second kappa shape index (κ2) is 11.4. The standard InChI is InChI=1S/C21H28N4O.C4H9N/c26-19-7-5-17(6-8-19)15-20-22-16-18-9-14-25(21(18)23-20)13-4-12-24-10-2-1-3-11-24;1-2-4-5-3-1/h5-8,16,26H,1-4,9-15H2;5H,1-4H2. The maximum Gasteiger partial charge on any atom is 0.135 e. The van der Waals surface area contributed by atoms with Crippen molar-refractivity contribution in [2.24, 2.45) is 0 Å². The normalized spacial score (nSPS) is 18.5. The minimum Gasteiger partial charge on any atom is -0.508 e. The summed E-state index contributed by atoms with van der Waals surface area (Å²) in [6.07, 6.45) is 11.9. The molecular weight excluding hydrogens is 386 g/mol. The number of likely N-dealkylation sites (tertiary alicyclic amines) is 1. The first-order valence-corrected chi connectivity index (χ1v) is 12.1. The molecule has 168 valence electrons. The first-order chi connectivity index (χ1) is 15.3. The zero-order valence-electron chi connectivity index (χ0n) is 18.7. The Morgan fingerprint density at radius 3 is 2.39 bits per heavy atom. The van der Waals surface area contributed by atoms with Gasteiger partial charge in [0.1, 0.15) is 17.4 Å². The molecule has 0 radical (unpaired) electrons. The average molecular weight is 424 g/mol. The van der Waals surface area contributed by atoms with Crippen molar-refractivity contribution in [1.29, 1.82) is 0 Å². The predicted octanol–water partition coefficient (Wildman–Crippen LogP) is 3.38. The third-order valence-electron chi connectivity index (χ3n) is 6.45. The van der Waals surface area contributed by atoms with E-state index in [-0.39, 0.29) is 0 Å². The molecular formula is C25H37N5O. The van der Waals surface area contributed by atoms with Crippen LogP contribution in [0.4, 0.5) is 5.82 Å². The van der Waals surface area contributed by atoms with Gasteiger partial charge in [0, 0.05) is 31.3 Å². The van der Waals surface area contributed by atoms with Gasteiger partial charge in [0.25, 0.3) is 0 Å². The highest BCUT2D eigenvalue weighted by atomic mass is 16.3. The number of benzene rings is 1. The van der Waals surface area contributed by atoms with Crippen molar-refractivity contribution in [2.45, 2.75) is 51.4 Å². The first kappa shape index (κ1) is 22.0. The molecule has 0 saturated carbocycles. The monoisotopic (exact) mass is 423 g/mol. The highest BCUT2D eigenvalue weighted by Gasteiger charge is 2.22. The molecule has 31 heavy (non-hydrogen) atoms. The third kappa shape index (κ3) is 6.65. The molecule has 2 aromatic rings. The molecule has 0 atom stereocenters. The van der Waals surface area contributed by atoms with Gasteiger partial charge in [0.15, 0.2) is 0 Å². The molecule has 0 bridgehead atoms. The molecule has 0 unspecified atom stereocenters. The van der Waals surface area contributed by atoms with Gasteiger partial charge in [-0.25, -0.2) is 9.97 Å². The lowest BCUT2D eigenvalue weighted by Gasteiger charge is -2.27. The SMILES string of the molecule is C1CCNC1.Oc1ccc(Cc2ncc3c(n2)N(CCCN2CCCCC2)CC3)cc1. The van der Waals surface area contributed by atoms with Gasteiger partial charge in [-0.2, -0.15) is 0 Å². The van der Waals surface area contributed by atoms with Gasteiger partial charge < -0.3 is 20.2 Å². The summed E-state index contributed by atoms with van der Waals surface area (Å²) >= 11 is 0. The average Bonchev–Trinajstić information content (AvgIpc) is 3.50. The second-order valence-corrected chi connectivity index (χ2v) is 8.93. The highest BCUT2D eigenvalue weighted by molar-refractivity contribution is 5.51. The van der Waals surface area contributed by atoms with Crippen LogP contribution in [0, 0.1) is 0 Å². The number of piperidine rings is 1. The van der Waals surface area contributed by atoms with Gasteiger partial charge in [0.05, 0.1) is 0 Å². The van der Waals surface area contributed by atoms with Crippen LogP contribution in [0.25, 0.3) is 0 Å². The van der Waals surface area contributed by atoms with Crippen LogP contribution in [-0.2, 0) is 12.8 Å². The summed E-state index contributed by atoms with van der Waals surface area (Å²) in [5.41, 5.74) is 2.40. The molecule has 6 nitrogen and oxygen atoms in total. The number of phenolic OH excluding ortho intramolecular Hbond substituents is 1. The van der Waals surface area contributed by atoms with Gasteiger partial charge in [-0.05, 0) is 88.9 Å².